The van der Waals surface area contributed by atoms with Crippen molar-refractivity contribution >= 4 is 5.91 Å². The lowest BCUT2D eigenvalue weighted by Crippen LogP contribution is -2.42. The van der Waals surface area contributed by atoms with E-state index in [9.17, 15) is 4.79 Å². The number of amides is 1. The van der Waals surface area contributed by atoms with E-state index < -0.39 is 0 Å². The second kappa shape index (κ2) is 7.28. The molecule has 3 heteroatoms. The van der Waals surface area contributed by atoms with E-state index in [1.165, 1.54) is 0 Å². The fourth-order valence-electron chi connectivity index (χ4n) is 3.22. The minimum atomic E-state index is 0.0509. The van der Waals surface area contributed by atoms with E-state index in [1.807, 2.05) is 0 Å². The molecular formula is C16H32N2O. The fourth-order valence-corrected chi connectivity index (χ4v) is 3.22. The highest BCUT2D eigenvalue weighted by Gasteiger charge is 2.38. The molecule has 112 valence electrons. The van der Waals surface area contributed by atoms with E-state index in [0.717, 1.165) is 25.8 Å². The molecule has 1 N–H and O–H groups in total. The van der Waals surface area contributed by atoms with Gasteiger partial charge in [0, 0.05) is 6.54 Å². The zero-order valence-corrected chi connectivity index (χ0v) is 13.6. The Morgan fingerprint density at radius 2 is 1.74 bits per heavy atom. The SMILES string of the molecule is CCCC1NC(CC)N(CC(C(C)C)C(C)C)C1=O. The van der Waals surface area contributed by atoms with Crippen LogP contribution in [0.4, 0.5) is 0 Å². The maximum atomic E-state index is 12.5. The number of carbonyl (C=O) groups is 1. The maximum Gasteiger partial charge on any atom is 0.241 e. The number of hydrogen-bond donors (Lipinski definition) is 1. The smallest absolute Gasteiger partial charge is 0.241 e. The first kappa shape index (κ1) is 16.5. The van der Waals surface area contributed by atoms with Gasteiger partial charge in [-0.25, -0.2) is 0 Å². The van der Waals surface area contributed by atoms with Gasteiger partial charge in [-0.3, -0.25) is 10.1 Å². The van der Waals surface area contributed by atoms with Gasteiger partial charge in [-0.1, -0.05) is 48.0 Å². The average molecular weight is 268 g/mol. The Bertz CT molecular complexity index is 280. The monoisotopic (exact) mass is 268 g/mol. The van der Waals surface area contributed by atoms with Crippen LogP contribution >= 0.6 is 0 Å². The van der Waals surface area contributed by atoms with Gasteiger partial charge in [-0.15, -0.1) is 0 Å². The number of carbonyl (C=O) groups excluding carboxylic acids is 1. The van der Waals surface area contributed by atoms with Crippen LogP contribution in [0.5, 0.6) is 0 Å². The van der Waals surface area contributed by atoms with Crippen molar-refractivity contribution in [3.63, 3.8) is 0 Å². The van der Waals surface area contributed by atoms with Crippen molar-refractivity contribution in [2.24, 2.45) is 17.8 Å². The van der Waals surface area contributed by atoms with E-state index in [1.54, 1.807) is 0 Å². The molecule has 0 aliphatic carbocycles. The van der Waals surface area contributed by atoms with E-state index in [2.05, 4.69) is 51.8 Å². The van der Waals surface area contributed by atoms with Crippen LogP contribution in [0, 0.1) is 17.8 Å². The highest BCUT2D eigenvalue weighted by Crippen LogP contribution is 2.26. The lowest BCUT2D eigenvalue weighted by molar-refractivity contribution is -0.131. The first-order valence-corrected chi connectivity index (χ1v) is 7.98. The predicted molar refractivity (Wildman–Crippen MR) is 80.8 cm³/mol. The molecule has 1 heterocycles. The molecule has 3 nitrogen and oxygen atoms in total. The van der Waals surface area contributed by atoms with Crippen LogP contribution in [0.2, 0.25) is 0 Å². The lowest BCUT2D eigenvalue weighted by Gasteiger charge is -2.32. The van der Waals surface area contributed by atoms with Gasteiger partial charge in [-0.2, -0.15) is 0 Å². The van der Waals surface area contributed by atoms with Crippen molar-refractivity contribution in [1.82, 2.24) is 10.2 Å². The summed E-state index contributed by atoms with van der Waals surface area (Å²) in [6, 6.07) is 0.0509. The van der Waals surface area contributed by atoms with Gasteiger partial charge < -0.3 is 4.90 Å². The van der Waals surface area contributed by atoms with E-state index in [4.69, 9.17) is 0 Å². The van der Waals surface area contributed by atoms with Gasteiger partial charge in [0.05, 0.1) is 12.2 Å². The summed E-state index contributed by atoms with van der Waals surface area (Å²) < 4.78 is 0. The molecule has 1 aliphatic heterocycles. The van der Waals surface area contributed by atoms with Crippen LogP contribution < -0.4 is 5.32 Å². The summed E-state index contributed by atoms with van der Waals surface area (Å²) in [5.41, 5.74) is 0. The fraction of sp³-hybridized carbons (Fsp3) is 0.938. The van der Waals surface area contributed by atoms with E-state index in [-0.39, 0.29) is 12.2 Å². The third-order valence-corrected chi connectivity index (χ3v) is 4.44. The summed E-state index contributed by atoms with van der Waals surface area (Å²) in [5, 5.41) is 3.50. The normalized spacial score (nSPS) is 24.3. The summed E-state index contributed by atoms with van der Waals surface area (Å²) >= 11 is 0. The Labute approximate surface area is 119 Å². The maximum absolute atomic E-state index is 12.5. The third-order valence-electron chi connectivity index (χ3n) is 4.44. The molecule has 0 bridgehead atoms. The Balaban J connectivity index is 2.76. The molecule has 2 atom stereocenters. The van der Waals surface area contributed by atoms with Crippen LogP contribution in [-0.2, 0) is 4.79 Å². The van der Waals surface area contributed by atoms with Crippen molar-refractivity contribution in [1.29, 1.82) is 0 Å². The minimum Gasteiger partial charge on any atom is -0.326 e. The van der Waals surface area contributed by atoms with Crippen molar-refractivity contribution < 1.29 is 4.79 Å². The molecule has 0 aromatic rings. The van der Waals surface area contributed by atoms with Crippen molar-refractivity contribution in [3.8, 4) is 0 Å². The highest BCUT2D eigenvalue weighted by atomic mass is 16.2. The largest absolute Gasteiger partial charge is 0.326 e. The Hall–Kier alpha value is -0.570. The molecular weight excluding hydrogens is 236 g/mol. The van der Waals surface area contributed by atoms with Crippen molar-refractivity contribution in [3.05, 3.63) is 0 Å². The number of nitrogens with one attached hydrogen (secondary N) is 1. The first-order valence-electron chi connectivity index (χ1n) is 7.98. The van der Waals surface area contributed by atoms with E-state index in [0.29, 0.717) is 23.7 Å². The number of rotatable bonds is 7. The van der Waals surface area contributed by atoms with Crippen LogP contribution in [0.15, 0.2) is 0 Å². The summed E-state index contributed by atoms with van der Waals surface area (Å²) in [7, 11) is 0. The predicted octanol–water partition coefficient (Wildman–Crippen LogP) is 3.25. The van der Waals surface area contributed by atoms with Gasteiger partial charge in [0.2, 0.25) is 5.91 Å². The summed E-state index contributed by atoms with van der Waals surface area (Å²) in [6.45, 7) is 14.3. The summed E-state index contributed by atoms with van der Waals surface area (Å²) in [4.78, 5) is 14.6. The molecule has 1 fully saturated rings. The standard InChI is InChI=1S/C16H32N2O/c1-7-9-14-16(19)18(15(8-2)17-14)10-13(11(3)4)12(5)6/h11-15,17H,7-10H2,1-6H3. The average Bonchev–Trinajstić information content (AvgIpc) is 2.63. The number of nitrogens with zero attached hydrogens (tertiary/aromatic N) is 1. The van der Waals surface area contributed by atoms with Crippen molar-refractivity contribution in [2.75, 3.05) is 6.54 Å². The molecule has 2 unspecified atom stereocenters. The minimum absolute atomic E-state index is 0.0509. The van der Waals surface area contributed by atoms with Gasteiger partial charge >= 0.3 is 0 Å². The molecule has 1 saturated heterocycles. The third kappa shape index (κ3) is 3.95. The molecule has 1 amide bonds. The first-order chi connectivity index (χ1) is 8.92. The quantitative estimate of drug-likeness (QED) is 0.768. The number of hydrogen-bond acceptors (Lipinski definition) is 2. The van der Waals surface area contributed by atoms with E-state index >= 15 is 0 Å². The molecule has 0 spiro atoms. The summed E-state index contributed by atoms with van der Waals surface area (Å²) in [5.74, 6) is 2.14. The van der Waals surface area contributed by atoms with Crippen LogP contribution in [0.3, 0.4) is 0 Å². The van der Waals surface area contributed by atoms with Gasteiger partial charge in [0.25, 0.3) is 0 Å². The Kier molecular flexibility index (Phi) is 6.31. The topological polar surface area (TPSA) is 32.3 Å². The van der Waals surface area contributed by atoms with Crippen LogP contribution in [0.25, 0.3) is 0 Å². The Morgan fingerprint density at radius 3 is 2.16 bits per heavy atom. The molecule has 0 aromatic carbocycles. The van der Waals surface area contributed by atoms with Crippen LogP contribution in [0.1, 0.15) is 60.8 Å². The highest BCUT2D eigenvalue weighted by molar-refractivity contribution is 5.84. The molecule has 1 rings (SSSR count). The zero-order valence-electron chi connectivity index (χ0n) is 13.6. The van der Waals surface area contributed by atoms with Crippen LogP contribution in [-0.4, -0.2) is 29.6 Å². The lowest BCUT2D eigenvalue weighted by atomic mass is 9.85. The second-order valence-corrected chi connectivity index (χ2v) is 6.57. The van der Waals surface area contributed by atoms with Gasteiger partial charge in [0.15, 0.2) is 0 Å². The van der Waals surface area contributed by atoms with Gasteiger partial charge in [0.1, 0.15) is 0 Å². The molecule has 0 saturated carbocycles. The van der Waals surface area contributed by atoms with Crippen molar-refractivity contribution in [2.45, 2.75) is 73.0 Å². The summed E-state index contributed by atoms with van der Waals surface area (Å²) in [6.07, 6.45) is 3.25. The second-order valence-electron chi connectivity index (χ2n) is 6.57. The molecule has 0 radical (unpaired) electrons. The Morgan fingerprint density at radius 1 is 1.16 bits per heavy atom. The molecule has 0 aromatic heterocycles. The zero-order chi connectivity index (χ0) is 14.6. The molecule has 1 aliphatic rings. The van der Waals surface area contributed by atoms with Gasteiger partial charge in [-0.05, 0) is 30.6 Å². The molecule has 19 heavy (non-hydrogen) atoms.